The summed E-state index contributed by atoms with van der Waals surface area (Å²) < 4.78 is 24.9. The summed E-state index contributed by atoms with van der Waals surface area (Å²) in [6.45, 7) is 13.7. The third-order valence-electron chi connectivity index (χ3n) is 15.5. The number of unbranched alkanes of at least 4 members (excludes halogenated alkanes) is 12. The average molecular weight is 1170 g/mol. The molecule has 0 atom stereocenters. The van der Waals surface area contributed by atoms with Gasteiger partial charge in [-0.05, 0) is 191 Å². The number of pyridine rings is 4. The minimum atomic E-state index is 0.486. The lowest BCUT2D eigenvalue weighted by Gasteiger charge is -2.10. The van der Waals surface area contributed by atoms with Crippen LogP contribution in [-0.4, -0.2) is 46.4 Å². The van der Waals surface area contributed by atoms with Crippen molar-refractivity contribution in [1.82, 2.24) is 19.9 Å². The molecule has 0 radical (unpaired) electrons. The molecule has 6 aliphatic heterocycles. The van der Waals surface area contributed by atoms with Gasteiger partial charge in [0.05, 0.1) is 49.2 Å². The smallest absolute Gasteiger partial charge is 0.0886 e. The van der Waals surface area contributed by atoms with E-state index in [-0.39, 0.29) is 0 Å². The summed E-state index contributed by atoms with van der Waals surface area (Å²) in [4.78, 5) is 19.8. The van der Waals surface area contributed by atoms with Gasteiger partial charge in [0, 0.05) is 95.7 Å². The monoisotopic (exact) mass is 1160 g/mol. The third-order valence-corrected chi connectivity index (χ3v) is 15.5. The Morgan fingerprint density at radius 3 is 0.705 bits per heavy atom. The first-order valence-electron chi connectivity index (χ1n) is 32.2. The number of hydrogen-bond acceptors (Lipinski definition) is 8. The van der Waals surface area contributed by atoms with Gasteiger partial charge in [-0.25, -0.2) is 0 Å². The molecule has 0 N–H and O–H groups in total. The Bertz CT molecular complexity index is 3270. The lowest BCUT2D eigenvalue weighted by Crippen LogP contribution is -1.97. The van der Waals surface area contributed by atoms with Crippen LogP contribution in [0.4, 0.5) is 0 Å². The summed E-state index contributed by atoms with van der Waals surface area (Å²) in [6.07, 6.45) is 26.1. The van der Waals surface area contributed by atoms with E-state index in [4.69, 9.17) is 38.9 Å². The fraction of sp³-hybridized carbons (Fsp3) is 0.350. The highest BCUT2D eigenvalue weighted by molar-refractivity contribution is 5.73. The van der Waals surface area contributed by atoms with Gasteiger partial charge in [0.25, 0.3) is 0 Å². The zero-order valence-electron chi connectivity index (χ0n) is 52.2. The summed E-state index contributed by atoms with van der Waals surface area (Å²) in [5.74, 6) is 26.2. The van der Waals surface area contributed by atoms with Crippen LogP contribution in [0.2, 0.25) is 0 Å². The summed E-state index contributed by atoms with van der Waals surface area (Å²) in [5.41, 5.74) is 18.6. The van der Waals surface area contributed by atoms with Crippen LogP contribution >= 0.6 is 0 Å². The van der Waals surface area contributed by atoms with Gasteiger partial charge < -0.3 is 18.9 Å². The third kappa shape index (κ3) is 20.3. The maximum absolute atomic E-state index is 6.22. The summed E-state index contributed by atoms with van der Waals surface area (Å²) in [6, 6.07) is 42.1. The lowest BCUT2D eigenvalue weighted by molar-refractivity contribution is 0.117. The van der Waals surface area contributed by atoms with E-state index in [1.165, 1.54) is 51.4 Å². The molecule has 4 aromatic heterocycles. The van der Waals surface area contributed by atoms with Gasteiger partial charge in [0.1, 0.15) is 0 Å². The minimum Gasteiger partial charge on any atom is -0.377 e. The van der Waals surface area contributed by atoms with Crippen molar-refractivity contribution in [1.29, 1.82) is 0 Å². The van der Waals surface area contributed by atoms with Crippen molar-refractivity contribution >= 4 is 0 Å². The van der Waals surface area contributed by atoms with Crippen molar-refractivity contribution in [2.75, 3.05) is 26.4 Å². The van der Waals surface area contributed by atoms with Crippen LogP contribution < -0.4 is 0 Å². The van der Waals surface area contributed by atoms with Crippen LogP contribution in [0.15, 0.2) is 146 Å². The van der Waals surface area contributed by atoms with E-state index in [0.717, 1.165) is 163 Å². The minimum absolute atomic E-state index is 0.486. The van der Waals surface area contributed by atoms with Crippen molar-refractivity contribution in [2.24, 2.45) is 0 Å². The molecule has 8 nitrogen and oxygen atoms in total. The zero-order valence-corrected chi connectivity index (χ0v) is 52.2. The van der Waals surface area contributed by atoms with E-state index in [1.54, 1.807) is 0 Å². The molecule has 15 rings (SSSR count). The van der Waals surface area contributed by atoms with E-state index in [9.17, 15) is 0 Å². The molecule has 4 aromatic carbocycles. The van der Waals surface area contributed by atoms with Crippen molar-refractivity contribution in [2.45, 2.75) is 157 Å². The lowest BCUT2D eigenvalue weighted by atomic mass is 9.99. The normalized spacial score (nSPS) is 11.3. The highest BCUT2D eigenvalue weighted by Gasteiger charge is 2.12. The topological polar surface area (TPSA) is 88.5 Å². The average Bonchev–Trinajstić information content (AvgIpc) is 2.28. The molecule has 0 fully saturated rings. The highest BCUT2D eigenvalue weighted by Crippen LogP contribution is 2.30. The number of nitrogens with zero attached hydrogens (tertiary/aromatic N) is 4. The quantitative estimate of drug-likeness (QED) is 0.0354. The largest absolute Gasteiger partial charge is 0.377 e. The predicted octanol–water partition coefficient (Wildman–Crippen LogP) is 18.8. The Labute approximate surface area is 524 Å². The molecule has 16 bridgehead atoms. The Balaban J connectivity index is 1.08. The fourth-order valence-electron chi connectivity index (χ4n) is 10.6. The van der Waals surface area contributed by atoms with Crippen molar-refractivity contribution in [3.63, 3.8) is 0 Å². The highest BCUT2D eigenvalue weighted by atomic mass is 16.5. The molecule has 88 heavy (non-hydrogen) atoms. The number of benzene rings is 4. The van der Waals surface area contributed by atoms with Gasteiger partial charge in [-0.1, -0.05) is 153 Å². The molecule has 0 saturated heterocycles. The molecule has 0 saturated carbocycles. The molecule has 10 heterocycles. The van der Waals surface area contributed by atoms with E-state index in [1.807, 2.05) is 49.1 Å². The molecule has 0 amide bonds. The molecule has 448 valence electrons. The standard InChI is InChI=1S/C80H84N4O4/c1-5-9-13-21-37-85-57-65-41-61-25-17-18-26-62-42-66(58-86-38-22-14-10-6-2)50-74(46-62)71-31-35-79(83-55-71)80-36-32-72(56-84-80)76-48-64(44-68(52-76)60-88-40-24-16-12-8-4)28-20-19-27-63-43-67(59-87-39-23-15-11-7-3)51-75(47-63)70-30-34-78(82-54-70)77-33-29-69(53-81-77)73(45-61)49-65/h29-36,41-56H,5-16,21-24,37-40,57-60H2,1-4H3. The summed E-state index contributed by atoms with van der Waals surface area (Å²) in [5, 5.41) is 0. The molecule has 8 heteroatoms. The van der Waals surface area contributed by atoms with Crippen molar-refractivity contribution < 1.29 is 18.9 Å². The Morgan fingerprint density at radius 2 is 0.500 bits per heavy atom. The van der Waals surface area contributed by atoms with Gasteiger partial charge in [0.2, 0.25) is 0 Å². The molecule has 1 aliphatic carbocycles. The van der Waals surface area contributed by atoms with Gasteiger partial charge in [-0.15, -0.1) is 0 Å². The second-order valence-corrected chi connectivity index (χ2v) is 22.9. The first-order chi connectivity index (χ1) is 43.4. The van der Waals surface area contributed by atoms with Gasteiger partial charge >= 0.3 is 0 Å². The fourth-order valence-corrected chi connectivity index (χ4v) is 10.6. The van der Waals surface area contributed by atoms with Gasteiger partial charge in [-0.3, -0.25) is 19.9 Å². The first kappa shape index (κ1) is 64.0. The number of ether oxygens (including phenoxy) is 4. The van der Waals surface area contributed by atoms with Crippen LogP contribution in [-0.2, 0) is 45.4 Å². The van der Waals surface area contributed by atoms with E-state index >= 15 is 0 Å². The number of aromatic nitrogens is 4. The van der Waals surface area contributed by atoms with Crippen LogP contribution in [0.3, 0.4) is 0 Å². The van der Waals surface area contributed by atoms with Gasteiger partial charge in [-0.2, -0.15) is 0 Å². The van der Waals surface area contributed by atoms with Crippen LogP contribution in [0, 0.1) is 47.4 Å². The SMILES string of the molecule is CCCCCCOCc1cc2cc(c1)-c1ccc(nc1)-c1ccc(cn1)-c1cc(cc(COCCCCCC)c1)C#CC#Cc1cc(COCCCCCC)cc(c1)-c1ccc(nc1)-c1ccc(cn1)-c1cc(cc(COCCCCCC)c1)C#CC#C2. The van der Waals surface area contributed by atoms with Crippen LogP contribution in [0.25, 0.3) is 67.3 Å². The molecule has 7 aliphatic rings. The molecular formula is C80H84N4O4. The summed E-state index contributed by atoms with van der Waals surface area (Å²) in [7, 11) is 0. The van der Waals surface area contributed by atoms with Crippen molar-refractivity contribution in [3.8, 4) is 115 Å². The number of hydrogen-bond donors (Lipinski definition) is 0. The van der Waals surface area contributed by atoms with E-state index in [2.05, 4.69) is 172 Å². The zero-order chi connectivity index (χ0) is 60.8. The van der Waals surface area contributed by atoms with Crippen molar-refractivity contribution in [3.05, 3.63) is 191 Å². The van der Waals surface area contributed by atoms with Gasteiger partial charge in [0.15, 0.2) is 0 Å². The maximum Gasteiger partial charge on any atom is 0.0886 e. The second kappa shape index (κ2) is 35.4. The molecule has 0 unspecified atom stereocenters. The Hall–Kier alpha value is -8.44. The summed E-state index contributed by atoms with van der Waals surface area (Å²) >= 11 is 0. The Morgan fingerprint density at radius 1 is 0.261 bits per heavy atom. The maximum atomic E-state index is 6.22. The predicted molar refractivity (Wildman–Crippen MR) is 359 cm³/mol. The van der Waals surface area contributed by atoms with Crippen LogP contribution in [0.1, 0.15) is 175 Å². The Kier molecular flexibility index (Phi) is 25.8. The molecular weight excluding hydrogens is 1080 g/mol. The molecule has 0 spiro atoms. The molecule has 8 aromatic rings. The van der Waals surface area contributed by atoms with Crippen LogP contribution in [0.5, 0.6) is 0 Å². The van der Waals surface area contributed by atoms with E-state index in [0.29, 0.717) is 52.9 Å². The first-order valence-corrected chi connectivity index (χ1v) is 32.2. The number of rotatable bonds is 28. The van der Waals surface area contributed by atoms with E-state index < -0.39 is 0 Å². The second-order valence-electron chi connectivity index (χ2n) is 22.9.